The van der Waals surface area contributed by atoms with Gasteiger partial charge in [0.2, 0.25) is 10.0 Å². The fraction of sp³-hybridized carbons (Fsp3) is 0.538. The minimum atomic E-state index is -3.84. The maximum Gasteiger partial charge on any atom is 0.243 e. The van der Waals surface area contributed by atoms with Crippen LogP contribution in [0.25, 0.3) is 0 Å². The lowest BCUT2D eigenvalue weighted by atomic mass is 10.2. The molecule has 1 aromatic rings. The molecule has 0 heterocycles. The molecule has 1 aromatic carbocycles. The maximum absolute atomic E-state index is 13.3. The highest BCUT2D eigenvalue weighted by atomic mass is 32.2. The van der Waals surface area contributed by atoms with Crippen LogP contribution in [-0.4, -0.2) is 44.1 Å². The summed E-state index contributed by atoms with van der Waals surface area (Å²) in [5, 5.41) is 9.21. The Morgan fingerprint density at radius 2 is 2.05 bits per heavy atom. The van der Waals surface area contributed by atoms with Gasteiger partial charge in [0.25, 0.3) is 0 Å². The standard InChI is InChI=1S/C13H20FNO4S/c1-3-15(7-8-19-4-2)20(17,18)13-9-12(14)6-5-11(13)10-16/h5-6,9,16H,3-4,7-8,10H2,1-2H3. The summed E-state index contributed by atoms with van der Waals surface area (Å²) in [5.74, 6) is -0.651. The van der Waals surface area contributed by atoms with Gasteiger partial charge in [0, 0.05) is 19.7 Å². The summed E-state index contributed by atoms with van der Waals surface area (Å²) in [6, 6.07) is 3.34. The van der Waals surface area contributed by atoms with Crippen molar-refractivity contribution in [3.05, 3.63) is 29.6 Å². The number of halogens is 1. The number of benzene rings is 1. The van der Waals surface area contributed by atoms with E-state index in [1.165, 1.54) is 10.4 Å². The molecule has 0 bridgehead atoms. The maximum atomic E-state index is 13.3. The normalized spacial score (nSPS) is 12.1. The minimum absolute atomic E-state index is 0.182. The van der Waals surface area contributed by atoms with Gasteiger partial charge in [-0.25, -0.2) is 12.8 Å². The van der Waals surface area contributed by atoms with Gasteiger partial charge in [-0.2, -0.15) is 4.31 Å². The number of sulfonamides is 1. The molecule has 0 aliphatic carbocycles. The monoisotopic (exact) mass is 305 g/mol. The second-order valence-electron chi connectivity index (χ2n) is 4.10. The molecular weight excluding hydrogens is 285 g/mol. The zero-order valence-corrected chi connectivity index (χ0v) is 12.5. The van der Waals surface area contributed by atoms with E-state index < -0.39 is 22.4 Å². The first-order chi connectivity index (χ1) is 9.47. The Balaban J connectivity index is 3.10. The number of ether oxygens (including phenoxy) is 1. The molecule has 0 spiro atoms. The van der Waals surface area contributed by atoms with E-state index >= 15 is 0 Å². The molecule has 0 radical (unpaired) electrons. The third-order valence-corrected chi connectivity index (χ3v) is 4.92. The number of aliphatic hydroxyl groups excluding tert-OH is 1. The summed E-state index contributed by atoms with van der Waals surface area (Å²) in [7, 11) is -3.84. The van der Waals surface area contributed by atoms with Crippen LogP contribution >= 0.6 is 0 Å². The molecule has 0 atom stereocenters. The second-order valence-corrected chi connectivity index (χ2v) is 6.01. The molecular formula is C13H20FNO4S. The molecule has 7 heteroatoms. The van der Waals surface area contributed by atoms with Crippen LogP contribution in [0.1, 0.15) is 19.4 Å². The van der Waals surface area contributed by atoms with Crippen molar-refractivity contribution in [2.45, 2.75) is 25.3 Å². The van der Waals surface area contributed by atoms with Crippen molar-refractivity contribution in [1.82, 2.24) is 4.31 Å². The number of aliphatic hydroxyl groups is 1. The predicted octanol–water partition coefficient (Wildman–Crippen LogP) is 1.37. The van der Waals surface area contributed by atoms with Crippen molar-refractivity contribution in [3.8, 4) is 0 Å². The second kappa shape index (κ2) is 7.68. The van der Waals surface area contributed by atoms with Crippen LogP contribution < -0.4 is 0 Å². The van der Waals surface area contributed by atoms with Crippen LogP contribution in [0, 0.1) is 5.82 Å². The first-order valence-corrected chi connectivity index (χ1v) is 7.88. The summed E-state index contributed by atoms with van der Waals surface area (Å²) in [4.78, 5) is -0.196. The van der Waals surface area contributed by atoms with E-state index in [2.05, 4.69) is 0 Å². The lowest BCUT2D eigenvalue weighted by Gasteiger charge is -2.21. The van der Waals surface area contributed by atoms with Gasteiger partial charge in [0.1, 0.15) is 5.82 Å². The Morgan fingerprint density at radius 1 is 1.35 bits per heavy atom. The van der Waals surface area contributed by atoms with Gasteiger partial charge in [0.15, 0.2) is 0 Å². The Kier molecular flexibility index (Phi) is 6.54. The van der Waals surface area contributed by atoms with E-state index in [0.29, 0.717) is 6.61 Å². The lowest BCUT2D eigenvalue weighted by Crippen LogP contribution is -2.34. The third-order valence-electron chi connectivity index (χ3n) is 2.86. The van der Waals surface area contributed by atoms with Crippen molar-refractivity contribution in [3.63, 3.8) is 0 Å². The summed E-state index contributed by atoms with van der Waals surface area (Å²) < 4.78 is 44.6. The fourth-order valence-electron chi connectivity index (χ4n) is 1.80. The van der Waals surface area contributed by atoms with E-state index in [0.717, 1.165) is 12.1 Å². The van der Waals surface area contributed by atoms with E-state index in [-0.39, 0.29) is 30.2 Å². The number of hydrogen-bond acceptors (Lipinski definition) is 4. The zero-order valence-electron chi connectivity index (χ0n) is 11.7. The van der Waals surface area contributed by atoms with Crippen molar-refractivity contribution in [1.29, 1.82) is 0 Å². The highest BCUT2D eigenvalue weighted by Gasteiger charge is 2.26. The van der Waals surface area contributed by atoms with E-state index in [1.54, 1.807) is 6.92 Å². The molecule has 0 saturated carbocycles. The van der Waals surface area contributed by atoms with Gasteiger partial charge in [-0.15, -0.1) is 0 Å². The van der Waals surface area contributed by atoms with Gasteiger partial charge in [-0.1, -0.05) is 13.0 Å². The molecule has 0 aliphatic rings. The van der Waals surface area contributed by atoms with Gasteiger partial charge in [-0.3, -0.25) is 0 Å². The first-order valence-electron chi connectivity index (χ1n) is 6.44. The smallest absolute Gasteiger partial charge is 0.243 e. The molecule has 0 aromatic heterocycles. The number of likely N-dealkylation sites (N-methyl/N-ethyl adjacent to an activating group) is 1. The highest BCUT2D eigenvalue weighted by Crippen LogP contribution is 2.21. The lowest BCUT2D eigenvalue weighted by molar-refractivity contribution is 0.135. The molecule has 0 unspecified atom stereocenters. The minimum Gasteiger partial charge on any atom is -0.392 e. The summed E-state index contributed by atoms with van der Waals surface area (Å²) >= 11 is 0. The Morgan fingerprint density at radius 3 is 2.60 bits per heavy atom. The van der Waals surface area contributed by atoms with Gasteiger partial charge in [-0.05, 0) is 24.6 Å². The average molecular weight is 305 g/mol. The van der Waals surface area contributed by atoms with E-state index in [4.69, 9.17) is 4.74 Å². The van der Waals surface area contributed by atoms with Crippen LogP contribution in [0.4, 0.5) is 4.39 Å². The largest absolute Gasteiger partial charge is 0.392 e. The zero-order chi connectivity index (χ0) is 15.2. The number of nitrogens with zero attached hydrogens (tertiary/aromatic N) is 1. The van der Waals surface area contributed by atoms with Crippen LogP contribution in [0.5, 0.6) is 0 Å². The van der Waals surface area contributed by atoms with E-state index in [9.17, 15) is 17.9 Å². The molecule has 0 saturated heterocycles. The molecule has 0 amide bonds. The van der Waals surface area contributed by atoms with Crippen molar-refractivity contribution in [2.75, 3.05) is 26.3 Å². The van der Waals surface area contributed by atoms with Gasteiger partial charge < -0.3 is 9.84 Å². The Hall–Kier alpha value is -1.02. The quantitative estimate of drug-likeness (QED) is 0.737. The highest BCUT2D eigenvalue weighted by molar-refractivity contribution is 7.89. The third kappa shape index (κ3) is 3.99. The molecule has 5 nitrogen and oxygen atoms in total. The van der Waals surface area contributed by atoms with Crippen LogP contribution in [0.3, 0.4) is 0 Å². The predicted molar refractivity (Wildman–Crippen MR) is 73.2 cm³/mol. The first kappa shape index (κ1) is 17.0. The summed E-state index contributed by atoms with van der Waals surface area (Å²) in [6.45, 7) is 4.26. The van der Waals surface area contributed by atoms with E-state index in [1.807, 2.05) is 6.92 Å². The van der Waals surface area contributed by atoms with Crippen LogP contribution in [-0.2, 0) is 21.4 Å². The molecule has 1 rings (SSSR count). The molecule has 20 heavy (non-hydrogen) atoms. The topological polar surface area (TPSA) is 66.8 Å². The van der Waals surface area contributed by atoms with Crippen LogP contribution in [0.2, 0.25) is 0 Å². The summed E-state index contributed by atoms with van der Waals surface area (Å²) in [5.41, 5.74) is 0.182. The van der Waals surface area contributed by atoms with Crippen molar-refractivity contribution in [2.24, 2.45) is 0 Å². The van der Waals surface area contributed by atoms with Crippen LogP contribution in [0.15, 0.2) is 23.1 Å². The molecule has 0 aliphatic heterocycles. The van der Waals surface area contributed by atoms with Gasteiger partial charge in [0.05, 0.1) is 18.1 Å². The molecule has 114 valence electrons. The Labute approximate surface area is 119 Å². The summed E-state index contributed by atoms with van der Waals surface area (Å²) in [6.07, 6.45) is 0. The van der Waals surface area contributed by atoms with Crippen molar-refractivity contribution < 1.29 is 22.7 Å². The van der Waals surface area contributed by atoms with Crippen molar-refractivity contribution >= 4 is 10.0 Å². The molecule has 1 N–H and O–H groups in total. The molecule has 0 fully saturated rings. The number of rotatable bonds is 8. The fourth-order valence-corrected chi connectivity index (χ4v) is 3.46. The Bertz CT molecular complexity index is 533. The SMILES string of the molecule is CCOCCN(CC)S(=O)(=O)c1cc(F)ccc1CO. The number of hydrogen-bond donors (Lipinski definition) is 1. The average Bonchev–Trinajstić information content (AvgIpc) is 2.43. The van der Waals surface area contributed by atoms with Gasteiger partial charge >= 0.3 is 0 Å².